The zero-order valence-electron chi connectivity index (χ0n) is 11.6. The number of carboxylic acids is 2. The van der Waals surface area contributed by atoms with E-state index in [1.54, 1.807) is 0 Å². The largest absolute Gasteiger partial charge is 0.481 e. The molecule has 110 valence electrons. The summed E-state index contributed by atoms with van der Waals surface area (Å²) in [7, 11) is 5.60. The van der Waals surface area contributed by atoms with E-state index in [0.29, 0.717) is 11.0 Å². The van der Waals surface area contributed by atoms with Crippen LogP contribution in [-0.4, -0.2) is 66.4 Å². The van der Waals surface area contributed by atoms with Crippen LogP contribution >= 0.6 is 0 Å². The Labute approximate surface area is 112 Å². The van der Waals surface area contributed by atoms with Crippen LogP contribution in [0.4, 0.5) is 0 Å². The molecule has 0 aromatic heterocycles. The van der Waals surface area contributed by atoms with E-state index in [1.807, 2.05) is 21.1 Å². The summed E-state index contributed by atoms with van der Waals surface area (Å²) >= 11 is 0. The van der Waals surface area contributed by atoms with Gasteiger partial charge >= 0.3 is 17.9 Å². The van der Waals surface area contributed by atoms with E-state index in [2.05, 4.69) is 0 Å². The molecule has 7 heteroatoms. The molecule has 0 radical (unpaired) electrons. The molecule has 0 amide bonds. The molecule has 0 saturated carbocycles. The van der Waals surface area contributed by atoms with Crippen molar-refractivity contribution in [1.82, 2.24) is 0 Å². The highest BCUT2D eigenvalue weighted by Crippen LogP contribution is 2.08. The number of esters is 1. The van der Waals surface area contributed by atoms with Crippen molar-refractivity contribution in [1.29, 1.82) is 0 Å². The molecule has 0 aromatic carbocycles. The molecule has 0 aliphatic heterocycles. The van der Waals surface area contributed by atoms with Crippen molar-refractivity contribution in [3.8, 4) is 0 Å². The molecule has 19 heavy (non-hydrogen) atoms. The first-order valence-corrected chi connectivity index (χ1v) is 6.03. The van der Waals surface area contributed by atoms with Gasteiger partial charge in [-0.3, -0.25) is 14.4 Å². The standard InChI is InChI=1S/C12H21NO6/c1-13(2,3)8-9(7-11(16)17)19-12(18)6-4-5-10(14)15/h9H,4-8H2,1-3H3,(H-,14,15,16,17)/p+1. The summed E-state index contributed by atoms with van der Waals surface area (Å²) in [6.45, 7) is 0.386. The molecule has 7 nitrogen and oxygen atoms in total. The highest BCUT2D eigenvalue weighted by atomic mass is 16.5. The van der Waals surface area contributed by atoms with Gasteiger partial charge in [-0.15, -0.1) is 0 Å². The van der Waals surface area contributed by atoms with E-state index >= 15 is 0 Å². The van der Waals surface area contributed by atoms with Gasteiger partial charge in [0.15, 0.2) is 6.10 Å². The number of carboxylic acid groups (broad SMARTS) is 2. The minimum Gasteiger partial charge on any atom is -0.481 e. The molecular weight excluding hydrogens is 254 g/mol. The number of hydrogen-bond donors (Lipinski definition) is 2. The highest BCUT2D eigenvalue weighted by molar-refractivity contribution is 5.72. The predicted molar refractivity (Wildman–Crippen MR) is 66.5 cm³/mol. The first kappa shape index (κ1) is 17.4. The summed E-state index contributed by atoms with van der Waals surface area (Å²) in [5.74, 6) is -2.56. The van der Waals surface area contributed by atoms with Crippen LogP contribution in [0, 0.1) is 0 Å². The molecule has 2 N–H and O–H groups in total. The Morgan fingerprint density at radius 3 is 2.05 bits per heavy atom. The Balaban J connectivity index is 4.26. The minimum atomic E-state index is -1.03. The monoisotopic (exact) mass is 276 g/mol. The van der Waals surface area contributed by atoms with Gasteiger partial charge in [-0.25, -0.2) is 0 Å². The normalized spacial score (nSPS) is 12.8. The van der Waals surface area contributed by atoms with Crippen LogP contribution in [0.2, 0.25) is 0 Å². The third kappa shape index (κ3) is 11.2. The van der Waals surface area contributed by atoms with Crippen LogP contribution < -0.4 is 0 Å². The number of aliphatic carboxylic acids is 2. The van der Waals surface area contributed by atoms with Crippen molar-refractivity contribution >= 4 is 17.9 Å². The number of hydrogen-bond acceptors (Lipinski definition) is 4. The summed E-state index contributed by atoms with van der Waals surface area (Å²) < 4.78 is 5.56. The Bertz CT molecular complexity index is 334. The van der Waals surface area contributed by atoms with Crippen molar-refractivity contribution in [2.45, 2.75) is 31.8 Å². The smallest absolute Gasteiger partial charge is 0.307 e. The van der Waals surface area contributed by atoms with Crippen molar-refractivity contribution in [3.05, 3.63) is 0 Å². The molecule has 1 unspecified atom stereocenters. The van der Waals surface area contributed by atoms with Gasteiger partial charge < -0.3 is 19.4 Å². The molecule has 0 aliphatic carbocycles. The zero-order valence-corrected chi connectivity index (χ0v) is 11.6. The summed E-state index contributed by atoms with van der Waals surface area (Å²) in [6, 6.07) is 0. The zero-order chi connectivity index (χ0) is 15.1. The average molecular weight is 276 g/mol. The van der Waals surface area contributed by atoms with E-state index in [4.69, 9.17) is 14.9 Å². The number of carbonyl (C=O) groups excluding carboxylic acids is 1. The first-order chi connectivity index (χ1) is 8.60. The number of ether oxygens (including phenoxy) is 1. The maximum atomic E-state index is 11.5. The molecule has 0 spiro atoms. The summed E-state index contributed by atoms with van der Waals surface area (Å²) in [5, 5.41) is 17.2. The lowest BCUT2D eigenvalue weighted by atomic mass is 10.2. The Kier molecular flexibility index (Phi) is 7.06. The lowest BCUT2D eigenvalue weighted by Crippen LogP contribution is -2.43. The number of quaternary nitrogens is 1. The van der Waals surface area contributed by atoms with Crippen molar-refractivity contribution in [3.63, 3.8) is 0 Å². The number of likely N-dealkylation sites (N-methyl/N-ethyl adjacent to an activating group) is 1. The van der Waals surface area contributed by atoms with Crippen LogP contribution in [0.5, 0.6) is 0 Å². The molecule has 0 aromatic rings. The highest BCUT2D eigenvalue weighted by Gasteiger charge is 2.24. The summed E-state index contributed by atoms with van der Waals surface area (Å²) in [6.07, 6.45) is -0.874. The van der Waals surface area contributed by atoms with E-state index in [0.717, 1.165) is 0 Å². The van der Waals surface area contributed by atoms with Gasteiger partial charge in [-0.05, 0) is 6.42 Å². The minimum absolute atomic E-state index is 0.0143. The van der Waals surface area contributed by atoms with Crippen molar-refractivity contribution in [2.24, 2.45) is 0 Å². The maximum absolute atomic E-state index is 11.5. The van der Waals surface area contributed by atoms with Gasteiger partial charge in [0.1, 0.15) is 6.54 Å². The maximum Gasteiger partial charge on any atom is 0.307 e. The second-order valence-corrected chi connectivity index (χ2v) is 5.43. The van der Waals surface area contributed by atoms with E-state index in [1.165, 1.54) is 0 Å². The second-order valence-electron chi connectivity index (χ2n) is 5.43. The summed E-state index contributed by atoms with van der Waals surface area (Å²) in [4.78, 5) is 32.5. The van der Waals surface area contributed by atoms with Gasteiger partial charge in [0, 0.05) is 12.8 Å². The van der Waals surface area contributed by atoms with E-state index in [-0.39, 0.29) is 25.7 Å². The quantitative estimate of drug-likeness (QED) is 0.465. The van der Waals surface area contributed by atoms with Crippen molar-refractivity contribution < 1.29 is 33.8 Å². The molecule has 0 bridgehead atoms. The van der Waals surface area contributed by atoms with Gasteiger partial charge in [0.05, 0.1) is 27.6 Å². The van der Waals surface area contributed by atoms with Gasteiger partial charge in [-0.1, -0.05) is 0 Å². The van der Waals surface area contributed by atoms with Crippen LogP contribution in [0.25, 0.3) is 0 Å². The number of carbonyl (C=O) groups is 3. The fraction of sp³-hybridized carbons (Fsp3) is 0.750. The van der Waals surface area contributed by atoms with Gasteiger partial charge in [0.2, 0.25) is 0 Å². The Morgan fingerprint density at radius 2 is 1.63 bits per heavy atom. The SMILES string of the molecule is C[N+](C)(C)CC(CC(=O)O)OC(=O)CCCC(=O)O. The van der Waals surface area contributed by atoms with E-state index < -0.39 is 24.0 Å². The molecule has 0 aliphatic rings. The lowest BCUT2D eigenvalue weighted by molar-refractivity contribution is -0.873. The molecule has 0 heterocycles. The molecule has 0 fully saturated rings. The molecule has 0 saturated heterocycles. The average Bonchev–Trinajstić information content (AvgIpc) is 2.12. The Morgan fingerprint density at radius 1 is 1.05 bits per heavy atom. The predicted octanol–water partition coefficient (Wildman–Crippen LogP) is 0.334. The third-order valence-electron chi connectivity index (χ3n) is 2.22. The summed E-state index contributed by atoms with van der Waals surface area (Å²) in [5.41, 5.74) is 0. The van der Waals surface area contributed by atoms with Crippen molar-refractivity contribution in [2.75, 3.05) is 27.7 Å². The number of rotatable bonds is 9. The fourth-order valence-corrected chi connectivity index (χ4v) is 1.58. The number of nitrogens with zero attached hydrogens (tertiary/aromatic N) is 1. The van der Waals surface area contributed by atoms with Gasteiger partial charge in [0.25, 0.3) is 0 Å². The van der Waals surface area contributed by atoms with Crippen LogP contribution in [-0.2, 0) is 19.1 Å². The fourth-order valence-electron chi connectivity index (χ4n) is 1.58. The van der Waals surface area contributed by atoms with E-state index in [9.17, 15) is 14.4 Å². The van der Waals surface area contributed by atoms with Crippen LogP contribution in [0.3, 0.4) is 0 Å². The van der Waals surface area contributed by atoms with Crippen LogP contribution in [0.1, 0.15) is 25.7 Å². The first-order valence-electron chi connectivity index (χ1n) is 6.03. The molecular formula is C12H22NO6+. The second kappa shape index (κ2) is 7.73. The third-order valence-corrected chi connectivity index (χ3v) is 2.22. The van der Waals surface area contributed by atoms with Gasteiger partial charge in [-0.2, -0.15) is 0 Å². The Hall–Kier alpha value is -1.63. The molecule has 1 atom stereocenters. The molecule has 0 rings (SSSR count). The lowest BCUT2D eigenvalue weighted by Gasteiger charge is -2.28. The topological polar surface area (TPSA) is 101 Å². The van der Waals surface area contributed by atoms with Crippen LogP contribution in [0.15, 0.2) is 0 Å².